The highest BCUT2D eigenvalue weighted by atomic mass is 16.5. The molecule has 0 unspecified atom stereocenters. The number of benzene rings is 1. The molecule has 25 heavy (non-hydrogen) atoms. The number of anilines is 1. The van der Waals surface area contributed by atoms with E-state index in [1.165, 1.54) is 0 Å². The first-order valence-corrected chi connectivity index (χ1v) is 8.27. The van der Waals surface area contributed by atoms with Crippen LogP contribution in [0.4, 0.5) is 5.69 Å². The van der Waals surface area contributed by atoms with Crippen molar-refractivity contribution in [3.63, 3.8) is 0 Å². The topological polar surface area (TPSA) is 58.9 Å². The average Bonchev–Trinajstić information content (AvgIpc) is 3.03. The van der Waals surface area contributed by atoms with E-state index in [1.54, 1.807) is 13.2 Å². The summed E-state index contributed by atoms with van der Waals surface area (Å²) in [7, 11) is 1.61. The van der Waals surface area contributed by atoms with E-state index in [0.29, 0.717) is 13.1 Å². The summed E-state index contributed by atoms with van der Waals surface area (Å²) in [6.07, 6.45) is 3.97. The number of carbonyl (C=O) groups excluding carboxylic acids is 1. The van der Waals surface area contributed by atoms with Crippen molar-refractivity contribution in [2.45, 2.75) is 13.5 Å². The van der Waals surface area contributed by atoms with E-state index in [9.17, 15) is 4.79 Å². The molecule has 3 aromatic rings. The van der Waals surface area contributed by atoms with Gasteiger partial charge in [0.15, 0.2) is 0 Å². The minimum Gasteiger partial charge on any atom is -0.497 e. The van der Waals surface area contributed by atoms with Gasteiger partial charge in [0, 0.05) is 30.7 Å². The molecule has 0 spiro atoms. The number of aromatic nitrogens is 2. The summed E-state index contributed by atoms with van der Waals surface area (Å²) < 4.78 is 7.16. The maximum atomic E-state index is 12.3. The molecule has 0 radical (unpaired) electrons. The molecule has 6 nitrogen and oxygen atoms in total. The van der Waals surface area contributed by atoms with Gasteiger partial charge in [0.05, 0.1) is 19.3 Å². The SMILES string of the molecule is CCN(CC(=O)Nc1cccc(OC)c1)Cc1cn2ccccc2n1. The molecule has 1 aromatic carbocycles. The Hall–Kier alpha value is -2.86. The molecule has 0 saturated carbocycles. The second-order valence-electron chi connectivity index (χ2n) is 5.78. The van der Waals surface area contributed by atoms with Crippen LogP contribution in [0.1, 0.15) is 12.6 Å². The monoisotopic (exact) mass is 338 g/mol. The zero-order chi connectivity index (χ0) is 17.6. The fourth-order valence-corrected chi connectivity index (χ4v) is 2.68. The molecule has 0 aliphatic carbocycles. The predicted octanol–water partition coefficient (Wildman–Crippen LogP) is 2.80. The van der Waals surface area contributed by atoms with Crippen LogP contribution in [0.5, 0.6) is 5.75 Å². The Balaban J connectivity index is 1.61. The van der Waals surface area contributed by atoms with Gasteiger partial charge in [0.25, 0.3) is 0 Å². The molecule has 1 N–H and O–H groups in total. The van der Waals surface area contributed by atoms with Gasteiger partial charge in [-0.2, -0.15) is 0 Å². The number of ether oxygens (including phenoxy) is 1. The van der Waals surface area contributed by atoms with Crippen molar-refractivity contribution in [2.24, 2.45) is 0 Å². The molecule has 1 amide bonds. The van der Waals surface area contributed by atoms with Crippen molar-refractivity contribution in [3.05, 3.63) is 60.6 Å². The third-order valence-electron chi connectivity index (χ3n) is 3.97. The number of rotatable bonds is 7. The molecule has 2 aromatic heterocycles. The molecule has 0 aliphatic heterocycles. The van der Waals surface area contributed by atoms with Crippen molar-refractivity contribution < 1.29 is 9.53 Å². The van der Waals surface area contributed by atoms with E-state index in [4.69, 9.17) is 4.74 Å². The van der Waals surface area contributed by atoms with Gasteiger partial charge in [0.2, 0.25) is 5.91 Å². The largest absolute Gasteiger partial charge is 0.497 e. The summed E-state index contributed by atoms with van der Waals surface area (Å²) in [5.41, 5.74) is 2.59. The number of likely N-dealkylation sites (N-methyl/N-ethyl adjacent to an activating group) is 1. The zero-order valence-electron chi connectivity index (χ0n) is 14.5. The third kappa shape index (κ3) is 4.36. The molecular weight excluding hydrogens is 316 g/mol. The second kappa shape index (κ2) is 7.81. The number of imidazole rings is 1. The molecule has 6 heteroatoms. The Kier molecular flexibility index (Phi) is 5.30. The Labute approximate surface area is 147 Å². The summed E-state index contributed by atoms with van der Waals surface area (Å²) in [6, 6.07) is 13.2. The molecule has 3 rings (SSSR count). The van der Waals surface area contributed by atoms with E-state index in [0.717, 1.165) is 29.3 Å². The fraction of sp³-hybridized carbons (Fsp3) is 0.263. The smallest absolute Gasteiger partial charge is 0.238 e. The number of amides is 1. The first-order chi connectivity index (χ1) is 12.2. The van der Waals surface area contributed by atoms with Crippen molar-refractivity contribution in [2.75, 3.05) is 25.5 Å². The molecular formula is C19H22N4O2. The maximum Gasteiger partial charge on any atom is 0.238 e. The minimum absolute atomic E-state index is 0.0566. The van der Waals surface area contributed by atoms with Crippen LogP contribution in [0.15, 0.2) is 54.9 Å². The summed E-state index contributed by atoms with van der Waals surface area (Å²) in [4.78, 5) is 19.0. The maximum absolute atomic E-state index is 12.3. The van der Waals surface area contributed by atoms with Gasteiger partial charge in [-0.25, -0.2) is 4.98 Å². The molecule has 0 saturated heterocycles. The molecule has 2 heterocycles. The predicted molar refractivity (Wildman–Crippen MR) is 97.8 cm³/mol. The van der Waals surface area contributed by atoms with E-state index in [1.807, 2.05) is 60.1 Å². The number of methoxy groups -OCH3 is 1. The lowest BCUT2D eigenvalue weighted by atomic mass is 10.3. The fourth-order valence-electron chi connectivity index (χ4n) is 2.68. The lowest BCUT2D eigenvalue weighted by molar-refractivity contribution is -0.117. The first-order valence-electron chi connectivity index (χ1n) is 8.27. The number of hydrogen-bond donors (Lipinski definition) is 1. The molecule has 0 bridgehead atoms. The van der Waals surface area contributed by atoms with Crippen LogP contribution in [0.3, 0.4) is 0 Å². The summed E-state index contributed by atoms with van der Waals surface area (Å²) >= 11 is 0. The number of nitrogens with one attached hydrogen (secondary N) is 1. The van der Waals surface area contributed by atoms with Gasteiger partial charge in [-0.1, -0.05) is 19.1 Å². The standard InChI is InChI=1S/C19H22N4O2/c1-3-22(12-16-13-23-10-5-4-9-18(23)20-16)14-19(24)21-15-7-6-8-17(11-15)25-2/h4-11,13H,3,12,14H2,1-2H3,(H,21,24). The van der Waals surface area contributed by atoms with Gasteiger partial charge in [-0.15, -0.1) is 0 Å². The number of fused-ring (bicyclic) bond motifs is 1. The lowest BCUT2D eigenvalue weighted by Gasteiger charge is -2.18. The number of nitrogens with zero attached hydrogens (tertiary/aromatic N) is 3. The van der Waals surface area contributed by atoms with Crippen molar-refractivity contribution in [1.82, 2.24) is 14.3 Å². The van der Waals surface area contributed by atoms with Crippen LogP contribution in [0.2, 0.25) is 0 Å². The van der Waals surface area contributed by atoms with Crippen LogP contribution in [0.25, 0.3) is 5.65 Å². The van der Waals surface area contributed by atoms with Gasteiger partial charge in [0.1, 0.15) is 11.4 Å². The van der Waals surface area contributed by atoms with Crippen LogP contribution in [-0.4, -0.2) is 40.4 Å². The Morgan fingerprint density at radius 2 is 2.16 bits per heavy atom. The van der Waals surface area contributed by atoms with Gasteiger partial charge >= 0.3 is 0 Å². The highest BCUT2D eigenvalue weighted by Crippen LogP contribution is 2.16. The van der Waals surface area contributed by atoms with E-state index < -0.39 is 0 Å². The summed E-state index contributed by atoms with van der Waals surface area (Å²) in [5.74, 6) is 0.661. The Morgan fingerprint density at radius 1 is 1.28 bits per heavy atom. The van der Waals surface area contributed by atoms with Gasteiger partial charge in [-0.05, 0) is 30.8 Å². The molecule has 0 atom stereocenters. The van der Waals surface area contributed by atoms with Crippen LogP contribution >= 0.6 is 0 Å². The van der Waals surface area contributed by atoms with E-state index in [2.05, 4.69) is 15.2 Å². The highest BCUT2D eigenvalue weighted by Gasteiger charge is 2.12. The molecule has 130 valence electrons. The quantitative estimate of drug-likeness (QED) is 0.720. The highest BCUT2D eigenvalue weighted by molar-refractivity contribution is 5.92. The van der Waals surface area contributed by atoms with Crippen LogP contribution in [-0.2, 0) is 11.3 Å². The van der Waals surface area contributed by atoms with Crippen LogP contribution < -0.4 is 10.1 Å². The Morgan fingerprint density at radius 3 is 2.92 bits per heavy atom. The first kappa shape index (κ1) is 17.0. The van der Waals surface area contributed by atoms with Gasteiger partial charge < -0.3 is 14.5 Å². The molecule has 0 aliphatic rings. The van der Waals surface area contributed by atoms with Crippen molar-refractivity contribution in [3.8, 4) is 5.75 Å². The zero-order valence-corrected chi connectivity index (χ0v) is 14.5. The average molecular weight is 338 g/mol. The minimum atomic E-state index is -0.0566. The van der Waals surface area contributed by atoms with Gasteiger partial charge in [-0.3, -0.25) is 9.69 Å². The van der Waals surface area contributed by atoms with E-state index >= 15 is 0 Å². The van der Waals surface area contributed by atoms with Crippen molar-refractivity contribution in [1.29, 1.82) is 0 Å². The Bertz CT molecular complexity index is 826. The third-order valence-corrected chi connectivity index (χ3v) is 3.97. The second-order valence-corrected chi connectivity index (χ2v) is 5.78. The summed E-state index contributed by atoms with van der Waals surface area (Å²) in [6.45, 7) is 3.74. The van der Waals surface area contributed by atoms with Crippen molar-refractivity contribution >= 4 is 17.2 Å². The number of carbonyl (C=O) groups is 1. The lowest BCUT2D eigenvalue weighted by Crippen LogP contribution is -2.32. The molecule has 0 fully saturated rings. The van der Waals surface area contributed by atoms with E-state index in [-0.39, 0.29) is 5.91 Å². The number of pyridine rings is 1. The summed E-state index contributed by atoms with van der Waals surface area (Å²) in [5, 5.41) is 2.91. The number of hydrogen-bond acceptors (Lipinski definition) is 4. The normalized spacial score (nSPS) is 11.0. The van der Waals surface area contributed by atoms with Crippen LogP contribution in [0, 0.1) is 0 Å².